The number of benzene rings is 1. The normalized spacial score (nSPS) is 15.0. The molecule has 1 saturated heterocycles. The zero-order valence-corrected chi connectivity index (χ0v) is 21.3. The van der Waals surface area contributed by atoms with Gasteiger partial charge >= 0.3 is 0 Å². The average Bonchev–Trinajstić information content (AvgIpc) is 3.27. The number of fused-ring (bicyclic) bond motifs is 1. The van der Waals surface area contributed by atoms with E-state index in [0.29, 0.717) is 5.95 Å². The number of aromatic nitrogens is 4. The van der Waals surface area contributed by atoms with E-state index in [2.05, 4.69) is 26.8 Å². The van der Waals surface area contributed by atoms with Crippen LogP contribution in [0.15, 0.2) is 47.9 Å². The number of anilines is 1. The van der Waals surface area contributed by atoms with E-state index in [1.807, 2.05) is 12.4 Å². The van der Waals surface area contributed by atoms with Crippen molar-refractivity contribution in [1.29, 1.82) is 0 Å². The fraction of sp³-hybridized carbons (Fsp3) is 0.346. The Balaban J connectivity index is 1.31. The minimum atomic E-state index is -4.09. The average molecular weight is 530 g/mol. The molecule has 4 heterocycles. The number of halogens is 3. The fourth-order valence-corrected chi connectivity index (χ4v) is 5.66. The molecule has 0 radical (unpaired) electrons. The van der Waals surface area contributed by atoms with E-state index in [-0.39, 0.29) is 29.1 Å². The highest BCUT2D eigenvalue weighted by Crippen LogP contribution is 2.31. The highest BCUT2D eigenvalue weighted by Gasteiger charge is 2.25. The second-order valence-electron chi connectivity index (χ2n) is 9.35. The van der Waals surface area contributed by atoms with Crippen LogP contribution in [-0.4, -0.2) is 47.3 Å². The summed E-state index contributed by atoms with van der Waals surface area (Å²) < 4.78 is 69.3. The number of sulfone groups is 1. The molecule has 5 rings (SSSR count). The van der Waals surface area contributed by atoms with E-state index >= 15 is 4.39 Å². The maximum absolute atomic E-state index is 15.1. The molecule has 4 aromatic rings. The van der Waals surface area contributed by atoms with Crippen LogP contribution in [0.5, 0.6) is 0 Å². The minimum Gasteiger partial charge on any atom is -0.341 e. The lowest BCUT2D eigenvalue weighted by atomic mass is 9.90. The number of nitrogens with zero attached hydrogens (tertiary/aromatic N) is 5. The summed E-state index contributed by atoms with van der Waals surface area (Å²) in [5.41, 5.74) is 2.13. The smallest absolute Gasteiger partial charge is 0.225 e. The summed E-state index contributed by atoms with van der Waals surface area (Å²) >= 11 is 0. The van der Waals surface area contributed by atoms with Gasteiger partial charge in [-0.3, -0.25) is 4.98 Å². The molecule has 7 nitrogen and oxygen atoms in total. The van der Waals surface area contributed by atoms with Crippen molar-refractivity contribution < 1.29 is 21.6 Å². The summed E-state index contributed by atoms with van der Waals surface area (Å²) in [5, 5.41) is -0.0565. The van der Waals surface area contributed by atoms with Crippen molar-refractivity contribution in [2.24, 2.45) is 0 Å². The quantitative estimate of drug-likeness (QED) is 0.362. The van der Waals surface area contributed by atoms with Crippen LogP contribution in [0.2, 0.25) is 0 Å². The summed E-state index contributed by atoms with van der Waals surface area (Å²) in [6.45, 7) is 3.50. The second kappa shape index (κ2) is 9.77. The van der Waals surface area contributed by atoms with Crippen molar-refractivity contribution in [3.8, 4) is 0 Å². The maximum atomic E-state index is 15.1. The van der Waals surface area contributed by atoms with E-state index in [1.165, 1.54) is 22.9 Å². The van der Waals surface area contributed by atoms with Gasteiger partial charge in [0.1, 0.15) is 16.5 Å². The molecule has 0 bridgehead atoms. The summed E-state index contributed by atoms with van der Waals surface area (Å²) in [6.07, 6.45) is 10.0. The topological polar surface area (TPSA) is 81.0 Å². The highest BCUT2D eigenvalue weighted by molar-refractivity contribution is 7.90. The molecule has 0 amide bonds. The van der Waals surface area contributed by atoms with Crippen LogP contribution in [-0.2, 0) is 22.8 Å². The van der Waals surface area contributed by atoms with E-state index in [1.54, 1.807) is 6.20 Å². The van der Waals surface area contributed by atoms with Gasteiger partial charge in [-0.15, -0.1) is 0 Å². The summed E-state index contributed by atoms with van der Waals surface area (Å²) in [4.78, 5) is 14.4. The van der Waals surface area contributed by atoms with Crippen molar-refractivity contribution >= 4 is 26.7 Å². The molecule has 0 unspecified atom stereocenters. The molecule has 3 aromatic heterocycles. The Morgan fingerprint density at radius 3 is 2.32 bits per heavy atom. The third kappa shape index (κ3) is 4.92. The lowest BCUT2D eigenvalue weighted by molar-refractivity contribution is 0.492. The second-order valence-corrected chi connectivity index (χ2v) is 11.3. The third-order valence-electron chi connectivity index (χ3n) is 6.90. The Labute approximate surface area is 212 Å². The molecule has 37 heavy (non-hydrogen) atoms. The van der Waals surface area contributed by atoms with Gasteiger partial charge in [-0.2, -0.15) is 0 Å². The standard InChI is InChI=1S/C26H26F3N5O2S/c1-3-16-12-31-26(32-13-16)33-7-4-17(5-8-33)18-10-20(27)22(30-14-18)15-34-9-6-19-23(34)11-21(28)25(24(19)29)37(2,35)36/h6,9-14,17H,3-5,7-8,15H2,1-2H3. The number of hydrogen-bond acceptors (Lipinski definition) is 6. The molecule has 1 aromatic carbocycles. The maximum Gasteiger partial charge on any atom is 0.225 e. The zero-order chi connectivity index (χ0) is 26.3. The Morgan fingerprint density at radius 2 is 1.70 bits per heavy atom. The monoisotopic (exact) mass is 529 g/mol. The van der Waals surface area contributed by atoms with Crippen molar-refractivity contribution in [3.05, 3.63) is 77.3 Å². The van der Waals surface area contributed by atoms with Gasteiger partial charge in [0.25, 0.3) is 0 Å². The van der Waals surface area contributed by atoms with Crippen LogP contribution >= 0.6 is 0 Å². The summed E-state index contributed by atoms with van der Waals surface area (Å²) in [7, 11) is -4.09. The van der Waals surface area contributed by atoms with Crippen molar-refractivity contribution in [2.45, 2.75) is 43.5 Å². The van der Waals surface area contributed by atoms with Crippen molar-refractivity contribution in [3.63, 3.8) is 0 Å². The van der Waals surface area contributed by atoms with Crippen molar-refractivity contribution in [2.75, 3.05) is 24.2 Å². The fourth-order valence-electron chi connectivity index (χ4n) is 4.81. The van der Waals surface area contributed by atoms with Gasteiger partial charge in [-0.1, -0.05) is 6.92 Å². The molecule has 11 heteroatoms. The molecular weight excluding hydrogens is 503 g/mol. The van der Waals surface area contributed by atoms with Gasteiger partial charge < -0.3 is 9.47 Å². The molecule has 1 fully saturated rings. The first-order valence-electron chi connectivity index (χ1n) is 12.0. The van der Waals surface area contributed by atoms with Gasteiger partial charge in [-0.05, 0) is 54.5 Å². The van der Waals surface area contributed by atoms with E-state index in [4.69, 9.17) is 0 Å². The van der Waals surface area contributed by atoms with Gasteiger partial charge in [0.15, 0.2) is 15.7 Å². The van der Waals surface area contributed by atoms with Gasteiger partial charge in [0.2, 0.25) is 5.95 Å². The van der Waals surface area contributed by atoms with Crippen LogP contribution < -0.4 is 4.90 Å². The van der Waals surface area contributed by atoms with Crippen LogP contribution in [0, 0.1) is 17.5 Å². The lowest BCUT2D eigenvalue weighted by Crippen LogP contribution is -2.34. The van der Waals surface area contributed by atoms with Crippen LogP contribution in [0.1, 0.15) is 42.5 Å². The first-order chi connectivity index (χ1) is 17.7. The summed E-state index contributed by atoms with van der Waals surface area (Å²) in [6, 6.07) is 3.77. The van der Waals surface area contributed by atoms with Crippen LogP contribution in [0.3, 0.4) is 0 Å². The summed E-state index contributed by atoms with van der Waals surface area (Å²) in [5.74, 6) is -2.00. The molecule has 0 aliphatic carbocycles. The highest BCUT2D eigenvalue weighted by atomic mass is 32.2. The minimum absolute atomic E-state index is 0.0565. The van der Waals surface area contributed by atoms with Crippen molar-refractivity contribution in [1.82, 2.24) is 19.5 Å². The SMILES string of the molecule is CCc1cnc(N2CCC(c3cnc(Cn4ccc5c(F)c(S(C)(=O)=O)c(F)cc54)c(F)c3)CC2)nc1. The number of rotatable bonds is 6. The van der Waals surface area contributed by atoms with Gasteiger partial charge in [0.05, 0.1) is 17.8 Å². The molecule has 0 spiro atoms. The largest absolute Gasteiger partial charge is 0.341 e. The molecule has 0 atom stereocenters. The molecule has 1 aliphatic heterocycles. The first-order valence-corrected chi connectivity index (χ1v) is 13.9. The first kappa shape index (κ1) is 25.2. The predicted molar refractivity (Wildman–Crippen MR) is 134 cm³/mol. The van der Waals surface area contributed by atoms with E-state index < -0.39 is 32.2 Å². The zero-order valence-electron chi connectivity index (χ0n) is 20.5. The Kier molecular flexibility index (Phi) is 6.65. The van der Waals surface area contributed by atoms with Gasteiger partial charge in [-0.25, -0.2) is 31.6 Å². The number of piperidine rings is 1. The molecule has 1 aliphatic rings. The molecule has 194 valence electrons. The molecule has 0 saturated carbocycles. The number of pyridine rings is 1. The Hall–Kier alpha value is -3.47. The van der Waals surface area contributed by atoms with E-state index in [9.17, 15) is 17.2 Å². The molecule has 0 N–H and O–H groups in total. The third-order valence-corrected chi connectivity index (χ3v) is 8.02. The number of aryl methyl sites for hydroxylation is 1. The van der Waals surface area contributed by atoms with Gasteiger partial charge in [0, 0.05) is 49.5 Å². The van der Waals surface area contributed by atoms with E-state index in [0.717, 1.165) is 55.8 Å². The predicted octanol–water partition coefficient (Wildman–Crippen LogP) is 4.64. The number of hydrogen-bond donors (Lipinski definition) is 0. The Bertz CT molecular complexity index is 1560. The van der Waals surface area contributed by atoms with Crippen LogP contribution in [0.4, 0.5) is 19.1 Å². The lowest BCUT2D eigenvalue weighted by Gasteiger charge is -2.32. The van der Waals surface area contributed by atoms with Crippen LogP contribution in [0.25, 0.3) is 10.9 Å². The molecular formula is C26H26F3N5O2S. The Morgan fingerprint density at radius 1 is 1.00 bits per heavy atom.